The zero-order valence-corrected chi connectivity index (χ0v) is 13.1. The van der Waals surface area contributed by atoms with Crippen molar-refractivity contribution in [2.45, 2.75) is 20.4 Å². The molecule has 0 aliphatic carbocycles. The fourth-order valence-electron chi connectivity index (χ4n) is 2.07. The average molecular weight is 315 g/mol. The van der Waals surface area contributed by atoms with E-state index in [2.05, 4.69) is 5.32 Å². The Morgan fingerprint density at radius 2 is 1.83 bits per heavy atom. The number of esters is 1. The van der Waals surface area contributed by atoms with E-state index in [9.17, 15) is 14.0 Å². The van der Waals surface area contributed by atoms with Gasteiger partial charge in [-0.05, 0) is 37.1 Å². The van der Waals surface area contributed by atoms with Gasteiger partial charge in [0.15, 0.2) is 6.61 Å². The molecule has 2 aromatic carbocycles. The van der Waals surface area contributed by atoms with E-state index in [0.29, 0.717) is 11.1 Å². The van der Waals surface area contributed by atoms with Crippen molar-refractivity contribution in [3.8, 4) is 0 Å². The van der Waals surface area contributed by atoms with E-state index in [4.69, 9.17) is 4.74 Å². The van der Waals surface area contributed by atoms with Crippen molar-refractivity contribution in [1.82, 2.24) is 5.32 Å². The van der Waals surface area contributed by atoms with Gasteiger partial charge in [0.25, 0.3) is 5.91 Å². The van der Waals surface area contributed by atoms with Crippen molar-refractivity contribution < 1.29 is 18.7 Å². The van der Waals surface area contributed by atoms with E-state index in [1.165, 1.54) is 6.07 Å². The molecule has 5 heteroatoms. The maximum Gasteiger partial charge on any atom is 0.338 e. The number of aryl methyl sites for hydroxylation is 1. The molecule has 0 fully saturated rings. The fourth-order valence-corrected chi connectivity index (χ4v) is 2.07. The summed E-state index contributed by atoms with van der Waals surface area (Å²) in [5.74, 6) is -1.42. The highest BCUT2D eigenvalue weighted by atomic mass is 19.1. The lowest BCUT2D eigenvalue weighted by atomic mass is 10.0. The molecule has 0 bridgehead atoms. The molecule has 120 valence electrons. The van der Waals surface area contributed by atoms with Crippen LogP contribution in [0.3, 0.4) is 0 Å². The van der Waals surface area contributed by atoms with Crippen LogP contribution in [0.15, 0.2) is 42.5 Å². The minimum Gasteiger partial charge on any atom is -0.452 e. The topological polar surface area (TPSA) is 55.4 Å². The monoisotopic (exact) mass is 315 g/mol. The Morgan fingerprint density at radius 1 is 1.09 bits per heavy atom. The molecule has 2 aromatic rings. The molecule has 4 nitrogen and oxygen atoms in total. The van der Waals surface area contributed by atoms with Gasteiger partial charge in [-0.1, -0.05) is 30.3 Å². The smallest absolute Gasteiger partial charge is 0.338 e. The van der Waals surface area contributed by atoms with Crippen LogP contribution in [0.4, 0.5) is 4.39 Å². The maximum absolute atomic E-state index is 13.4. The molecule has 0 radical (unpaired) electrons. The summed E-state index contributed by atoms with van der Waals surface area (Å²) >= 11 is 0. The molecular formula is C18H18FNO3. The molecular weight excluding hydrogens is 297 g/mol. The third kappa shape index (κ3) is 4.39. The van der Waals surface area contributed by atoms with Crippen molar-refractivity contribution in [3.63, 3.8) is 0 Å². The number of carbonyl (C=O) groups is 2. The zero-order valence-electron chi connectivity index (χ0n) is 13.1. The summed E-state index contributed by atoms with van der Waals surface area (Å²) in [7, 11) is 0. The molecule has 0 aromatic heterocycles. The van der Waals surface area contributed by atoms with Crippen LogP contribution < -0.4 is 5.32 Å². The third-order valence-electron chi connectivity index (χ3n) is 3.59. The molecule has 0 aliphatic heterocycles. The molecule has 0 unspecified atom stereocenters. The van der Waals surface area contributed by atoms with Gasteiger partial charge in [0, 0.05) is 12.1 Å². The van der Waals surface area contributed by atoms with E-state index < -0.39 is 18.5 Å². The van der Waals surface area contributed by atoms with Crippen LogP contribution in [-0.2, 0) is 16.1 Å². The normalized spacial score (nSPS) is 10.2. The van der Waals surface area contributed by atoms with Gasteiger partial charge in [0.05, 0.1) is 5.56 Å². The lowest BCUT2D eigenvalue weighted by Crippen LogP contribution is -2.28. The predicted molar refractivity (Wildman–Crippen MR) is 84.4 cm³/mol. The molecule has 0 atom stereocenters. The second-order valence-electron chi connectivity index (χ2n) is 5.19. The summed E-state index contributed by atoms with van der Waals surface area (Å²) in [5.41, 5.74) is 2.61. The van der Waals surface area contributed by atoms with Crippen LogP contribution in [0.5, 0.6) is 0 Å². The van der Waals surface area contributed by atoms with Gasteiger partial charge in [-0.3, -0.25) is 4.79 Å². The minimum atomic E-state index is -0.549. The Balaban J connectivity index is 1.86. The van der Waals surface area contributed by atoms with Gasteiger partial charge in [0.1, 0.15) is 5.82 Å². The summed E-state index contributed by atoms with van der Waals surface area (Å²) in [6.45, 7) is 3.37. The number of carbonyl (C=O) groups excluding carboxylic acids is 2. The van der Waals surface area contributed by atoms with Gasteiger partial charge in [-0.15, -0.1) is 0 Å². The van der Waals surface area contributed by atoms with E-state index in [1.54, 1.807) is 30.3 Å². The highest BCUT2D eigenvalue weighted by molar-refractivity contribution is 5.93. The molecule has 1 N–H and O–H groups in total. The standard InChI is InChI=1S/C18H18FNO3/c1-12-6-5-8-15(13(12)2)18(22)23-11-17(21)20-10-14-7-3-4-9-16(14)19/h3-9H,10-11H2,1-2H3,(H,20,21). The van der Waals surface area contributed by atoms with Crippen LogP contribution in [0.1, 0.15) is 27.0 Å². The Kier molecular flexibility index (Phi) is 5.46. The number of rotatable bonds is 5. The van der Waals surface area contributed by atoms with Crippen molar-refractivity contribution in [2.75, 3.05) is 6.61 Å². The summed E-state index contributed by atoms with van der Waals surface area (Å²) in [4.78, 5) is 23.7. The van der Waals surface area contributed by atoms with E-state index in [0.717, 1.165) is 11.1 Å². The summed E-state index contributed by atoms with van der Waals surface area (Å²) in [6, 6.07) is 11.5. The number of ether oxygens (including phenoxy) is 1. The van der Waals surface area contributed by atoms with Crippen LogP contribution in [0.25, 0.3) is 0 Å². The van der Waals surface area contributed by atoms with E-state index >= 15 is 0 Å². The molecule has 0 aliphatic rings. The quantitative estimate of drug-likeness (QED) is 0.863. The van der Waals surface area contributed by atoms with Gasteiger partial charge in [0.2, 0.25) is 0 Å². The zero-order chi connectivity index (χ0) is 16.8. The van der Waals surface area contributed by atoms with Gasteiger partial charge in [-0.2, -0.15) is 0 Å². The molecule has 0 spiro atoms. The second-order valence-corrected chi connectivity index (χ2v) is 5.19. The van der Waals surface area contributed by atoms with Crippen LogP contribution >= 0.6 is 0 Å². The molecule has 0 heterocycles. The second kappa shape index (κ2) is 7.54. The Bertz CT molecular complexity index is 728. The number of nitrogens with one attached hydrogen (secondary N) is 1. The Morgan fingerprint density at radius 3 is 2.57 bits per heavy atom. The summed E-state index contributed by atoms with van der Waals surface area (Å²) in [6.07, 6.45) is 0. The first-order valence-corrected chi connectivity index (χ1v) is 7.22. The van der Waals surface area contributed by atoms with E-state index in [-0.39, 0.29) is 12.4 Å². The van der Waals surface area contributed by atoms with Crippen molar-refractivity contribution in [1.29, 1.82) is 0 Å². The first-order chi connectivity index (χ1) is 11.0. The first-order valence-electron chi connectivity index (χ1n) is 7.22. The number of hydrogen-bond donors (Lipinski definition) is 1. The predicted octanol–water partition coefficient (Wildman–Crippen LogP) is 2.92. The largest absolute Gasteiger partial charge is 0.452 e. The third-order valence-corrected chi connectivity index (χ3v) is 3.59. The highest BCUT2D eigenvalue weighted by Gasteiger charge is 2.13. The fraction of sp³-hybridized carbons (Fsp3) is 0.222. The van der Waals surface area contributed by atoms with Gasteiger partial charge >= 0.3 is 5.97 Å². The summed E-state index contributed by atoms with van der Waals surface area (Å²) in [5, 5.41) is 2.52. The van der Waals surface area contributed by atoms with E-state index in [1.807, 2.05) is 19.9 Å². The number of hydrogen-bond acceptors (Lipinski definition) is 3. The highest BCUT2D eigenvalue weighted by Crippen LogP contribution is 2.13. The van der Waals surface area contributed by atoms with Crippen LogP contribution in [0, 0.1) is 19.7 Å². The van der Waals surface area contributed by atoms with Crippen molar-refractivity contribution in [3.05, 3.63) is 70.5 Å². The summed E-state index contributed by atoms with van der Waals surface area (Å²) < 4.78 is 18.4. The number of halogens is 1. The molecule has 2 rings (SSSR count). The van der Waals surface area contributed by atoms with Crippen molar-refractivity contribution in [2.24, 2.45) is 0 Å². The van der Waals surface area contributed by atoms with Gasteiger partial charge in [-0.25, -0.2) is 9.18 Å². The van der Waals surface area contributed by atoms with Gasteiger partial charge < -0.3 is 10.1 Å². The van der Waals surface area contributed by atoms with Crippen molar-refractivity contribution >= 4 is 11.9 Å². The minimum absolute atomic E-state index is 0.0481. The van der Waals surface area contributed by atoms with Crippen LogP contribution in [0.2, 0.25) is 0 Å². The first kappa shape index (κ1) is 16.7. The molecule has 23 heavy (non-hydrogen) atoms. The number of benzene rings is 2. The molecule has 0 saturated carbocycles. The average Bonchev–Trinajstić information content (AvgIpc) is 2.54. The Hall–Kier alpha value is -2.69. The lowest BCUT2D eigenvalue weighted by molar-refractivity contribution is -0.124. The Labute approximate surface area is 134 Å². The number of amides is 1. The SMILES string of the molecule is Cc1cccc(C(=O)OCC(=O)NCc2ccccc2F)c1C. The lowest BCUT2D eigenvalue weighted by Gasteiger charge is -2.09. The van der Waals surface area contributed by atoms with Crippen LogP contribution in [-0.4, -0.2) is 18.5 Å². The maximum atomic E-state index is 13.4. The molecule has 0 saturated heterocycles. The molecule has 1 amide bonds.